The fourth-order valence-electron chi connectivity index (χ4n) is 2.73. The molecule has 0 saturated carbocycles. The quantitative estimate of drug-likeness (QED) is 0.809. The normalized spacial score (nSPS) is 18.1. The highest BCUT2D eigenvalue weighted by Gasteiger charge is 2.29. The molecule has 0 radical (unpaired) electrons. The largest absolute Gasteiger partial charge is 0.466 e. The number of piperidine rings is 1. The first-order valence-corrected chi connectivity index (χ1v) is 9.73. The summed E-state index contributed by atoms with van der Waals surface area (Å²) in [6.07, 6.45) is 2.49. The summed E-state index contributed by atoms with van der Waals surface area (Å²) < 4.78 is 30.0. The van der Waals surface area contributed by atoms with E-state index in [-0.39, 0.29) is 17.8 Å². The van der Waals surface area contributed by atoms with Crippen molar-refractivity contribution in [3.8, 4) is 0 Å². The first-order valence-electron chi connectivity index (χ1n) is 7.84. The standard InChI is InChI=1S/C16H22N2O5S/c1-3-23-16(20)13-7-5-9-18(11-13)15(19)12-6-4-8-14(10-12)17-24(2,21)22/h4,6,8,10,13,17H,3,5,7,9,11H2,1-2H3/t13-/m0/s1. The van der Waals surface area contributed by atoms with Crippen LogP contribution in [0.3, 0.4) is 0 Å². The van der Waals surface area contributed by atoms with Crippen molar-refractivity contribution in [1.29, 1.82) is 0 Å². The Labute approximate surface area is 142 Å². The lowest BCUT2D eigenvalue weighted by molar-refractivity contribution is -0.149. The van der Waals surface area contributed by atoms with Gasteiger partial charge in [0.05, 0.1) is 18.8 Å². The third-order valence-corrected chi connectivity index (χ3v) is 4.35. The van der Waals surface area contributed by atoms with Crippen molar-refractivity contribution in [2.24, 2.45) is 5.92 Å². The lowest BCUT2D eigenvalue weighted by Gasteiger charge is -2.31. The van der Waals surface area contributed by atoms with E-state index >= 15 is 0 Å². The summed E-state index contributed by atoms with van der Waals surface area (Å²) in [4.78, 5) is 26.1. The molecule has 1 atom stereocenters. The maximum absolute atomic E-state index is 12.6. The summed E-state index contributed by atoms with van der Waals surface area (Å²) in [6, 6.07) is 6.32. The fourth-order valence-corrected chi connectivity index (χ4v) is 3.28. The molecule has 1 N–H and O–H groups in total. The molecule has 0 aliphatic carbocycles. The fraction of sp³-hybridized carbons (Fsp3) is 0.500. The van der Waals surface area contributed by atoms with Crippen LogP contribution >= 0.6 is 0 Å². The van der Waals surface area contributed by atoms with Crippen molar-refractivity contribution in [3.05, 3.63) is 29.8 Å². The molecule has 1 saturated heterocycles. The minimum atomic E-state index is -3.41. The van der Waals surface area contributed by atoms with Gasteiger partial charge in [0.2, 0.25) is 10.0 Å². The minimum Gasteiger partial charge on any atom is -0.466 e. The molecule has 2 rings (SSSR count). The Morgan fingerprint density at radius 1 is 1.38 bits per heavy atom. The number of nitrogens with zero attached hydrogens (tertiary/aromatic N) is 1. The third kappa shape index (κ3) is 4.95. The number of hydrogen-bond donors (Lipinski definition) is 1. The summed E-state index contributed by atoms with van der Waals surface area (Å²) >= 11 is 0. The number of carbonyl (C=O) groups is 2. The van der Waals surface area contributed by atoms with E-state index in [0.717, 1.165) is 12.7 Å². The second kappa shape index (κ2) is 7.65. The number of nitrogens with one attached hydrogen (secondary N) is 1. The molecule has 7 nitrogen and oxygen atoms in total. The Kier molecular flexibility index (Phi) is 5.82. The van der Waals surface area contributed by atoms with Gasteiger partial charge < -0.3 is 9.64 Å². The third-order valence-electron chi connectivity index (χ3n) is 3.74. The maximum atomic E-state index is 12.6. The number of benzene rings is 1. The molecule has 1 heterocycles. The summed E-state index contributed by atoms with van der Waals surface area (Å²) in [7, 11) is -3.41. The first kappa shape index (κ1) is 18.3. The second-order valence-corrected chi connectivity index (χ2v) is 7.55. The number of sulfonamides is 1. The lowest BCUT2D eigenvalue weighted by atomic mass is 9.97. The van der Waals surface area contributed by atoms with E-state index in [9.17, 15) is 18.0 Å². The van der Waals surface area contributed by atoms with Crippen molar-refractivity contribution >= 4 is 27.6 Å². The van der Waals surface area contributed by atoms with Gasteiger partial charge in [-0.05, 0) is 38.0 Å². The molecule has 1 amide bonds. The predicted molar refractivity (Wildman–Crippen MR) is 90.2 cm³/mol. The number of likely N-dealkylation sites (tertiary alicyclic amines) is 1. The second-order valence-electron chi connectivity index (χ2n) is 5.80. The number of ether oxygens (including phenoxy) is 1. The van der Waals surface area contributed by atoms with Crippen LogP contribution in [0, 0.1) is 5.92 Å². The smallest absolute Gasteiger partial charge is 0.310 e. The van der Waals surface area contributed by atoms with Crippen LogP contribution in [0.2, 0.25) is 0 Å². The van der Waals surface area contributed by atoms with Gasteiger partial charge in [-0.3, -0.25) is 14.3 Å². The van der Waals surface area contributed by atoms with E-state index < -0.39 is 10.0 Å². The van der Waals surface area contributed by atoms with Crippen LogP contribution < -0.4 is 4.72 Å². The highest BCUT2D eigenvalue weighted by atomic mass is 32.2. The highest BCUT2D eigenvalue weighted by Crippen LogP contribution is 2.21. The van der Waals surface area contributed by atoms with Gasteiger partial charge in [-0.2, -0.15) is 0 Å². The van der Waals surface area contributed by atoms with E-state index in [0.29, 0.717) is 37.4 Å². The molecular formula is C16H22N2O5S. The highest BCUT2D eigenvalue weighted by molar-refractivity contribution is 7.92. The van der Waals surface area contributed by atoms with Crippen LogP contribution in [0.4, 0.5) is 5.69 Å². The van der Waals surface area contributed by atoms with Crippen LogP contribution in [0.5, 0.6) is 0 Å². The van der Waals surface area contributed by atoms with E-state index in [1.54, 1.807) is 30.0 Å². The monoisotopic (exact) mass is 354 g/mol. The van der Waals surface area contributed by atoms with E-state index in [2.05, 4.69) is 4.72 Å². The molecule has 1 aliphatic heterocycles. The molecule has 1 aromatic rings. The van der Waals surface area contributed by atoms with E-state index in [1.807, 2.05) is 0 Å². The number of anilines is 1. The van der Waals surface area contributed by atoms with Crippen LogP contribution in [0.1, 0.15) is 30.1 Å². The van der Waals surface area contributed by atoms with Crippen LogP contribution in [0.15, 0.2) is 24.3 Å². The average molecular weight is 354 g/mol. The number of hydrogen-bond acceptors (Lipinski definition) is 5. The molecule has 0 spiro atoms. The predicted octanol–water partition coefficient (Wildman–Crippen LogP) is 1.47. The van der Waals surface area contributed by atoms with Gasteiger partial charge >= 0.3 is 5.97 Å². The SMILES string of the molecule is CCOC(=O)[C@H]1CCCN(C(=O)c2cccc(NS(C)(=O)=O)c2)C1. The maximum Gasteiger partial charge on any atom is 0.310 e. The molecule has 1 aliphatic rings. The number of amides is 1. The van der Waals surface area contributed by atoms with Gasteiger partial charge in [0.1, 0.15) is 0 Å². The van der Waals surface area contributed by atoms with E-state index in [1.165, 1.54) is 6.07 Å². The summed E-state index contributed by atoms with van der Waals surface area (Å²) in [5.74, 6) is -0.802. The van der Waals surface area contributed by atoms with Gasteiger partial charge in [-0.15, -0.1) is 0 Å². The Hall–Kier alpha value is -2.09. The van der Waals surface area contributed by atoms with Gasteiger partial charge in [0.15, 0.2) is 0 Å². The van der Waals surface area contributed by atoms with Crippen molar-refractivity contribution in [3.63, 3.8) is 0 Å². The van der Waals surface area contributed by atoms with Crippen molar-refractivity contribution in [1.82, 2.24) is 4.90 Å². The molecule has 132 valence electrons. The topological polar surface area (TPSA) is 92.8 Å². The van der Waals surface area contributed by atoms with Crippen molar-refractivity contribution < 1.29 is 22.7 Å². The zero-order chi connectivity index (χ0) is 17.7. The average Bonchev–Trinajstić information content (AvgIpc) is 2.53. The number of esters is 1. The minimum absolute atomic E-state index is 0.221. The van der Waals surface area contributed by atoms with Crippen molar-refractivity contribution in [2.45, 2.75) is 19.8 Å². The summed E-state index contributed by atoms with van der Waals surface area (Å²) in [5.41, 5.74) is 0.718. The van der Waals surface area contributed by atoms with Gasteiger partial charge in [-0.1, -0.05) is 6.07 Å². The molecular weight excluding hydrogens is 332 g/mol. The molecule has 0 aromatic heterocycles. The Morgan fingerprint density at radius 3 is 2.79 bits per heavy atom. The molecule has 1 fully saturated rings. The molecule has 0 bridgehead atoms. The van der Waals surface area contributed by atoms with E-state index in [4.69, 9.17) is 4.74 Å². The summed E-state index contributed by atoms with van der Waals surface area (Å²) in [6.45, 7) is 2.96. The van der Waals surface area contributed by atoms with Crippen LogP contribution in [-0.4, -0.2) is 51.1 Å². The van der Waals surface area contributed by atoms with Crippen LogP contribution in [0.25, 0.3) is 0 Å². The Morgan fingerprint density at radius 2 is 2.12 bits per heavy atom. The Balaban J connectivity index is 2.10. The van der Waals surface area contributed by atoms with Gasteiger partial charge in [-0.25, -0.2) is 8.42 Å². The van der Waals surface area contributed by atoms with Gasteiger partial charge in [0, 0.05) is 24.3 Å². The molecule has 24 heavy (non-hydrogen) atoms. The first-order chi connectivity index (χ1) is 11.3. The van der Waals surface area contributed by atoms with Gasteiger partial charge in [0.25, 0.3) is 5.91 Å². The number of rotatable bonds is 5. The van der Waals surface area contributed by atoms with Crippen molar-refractivity contribution in [2.75, 3.05) is 30.7 Å². The Bertz CT molecular complexity index is 717. The molecule has 8 heteroatoms. The number of carbonyl (C=O) groups excluding carboxylic acids is 2. The molecule has 1 aromatic carbocycles. The lowest BCUT2D eigenvalue weighted by Crippen LogP contribution is -2.42. The molecule has 0 unspecified atom stereocenters. The zero-order valence-electron chi connectivity index (χ0n) is 13.8. The zero-order valence-corrected chi connectivity index (χ0v) is 14.6. The summed E-state index contributed by atoms with van der Waals surface area (Å²) in [5, 5.41) is 0. The van der Waals surface area contributed by atoms with Crippen LogP contribution in [-0.2, 0) is 19.6 Å².